The highest BCUT2D eigenvalue weighted by Gasteiger charge is 2.15. The van der Waals surface area contributed by atoms with Crippen LogP contribution in [0, 0.1) is 0 Å². The Kier molecular flexibility index (Phi) is 3.59. The van der Waals surface area contributed by atoms with Crippen molar-refractivity contribution in [3.05, 3.63) is 47.9 Å². The molecule has 1 aliphatic heterocycles. The average molecular weight is 286 g/mol. The standard InChI is InChI=1S/C15H14N2O4/c18-14-9-21-12-4-3-10(8-11(12)17-14)5-6-16-15(19)13-2-1-7-20-13/h1-4,7-8H,5-6,9H2,(H,16,19)(H,17,18). The summed E-state index contributed by atoms with van der Waals surface area (Å²) in [5.74, 6) is 0.555. The number of fused-ring (bicyclic) bond motifs is 1. The number of amides is 2. The molecule has 6 nitrogen and oxygen atoms in total. The summed E-state index contributed by atoms with van der Waals surface area (Å²) >= 11 is 0. The first kappa shape index (κ1) is 13.2. The maximum Gasteiger partial charge on any atom is 0.286 e. The van der Waals surface area contributed by atoms with Crippen molar-refractivity contribution in [3.63, 3.8) is 0 Å². The predicted molar refractivity (Wildman–Crippen MR) is 75.3 cm³/mol. The molecule has 6 heteroatoms. The van der Waals surface area contributed by atoms with Crippen molar-refractivity contribution in [1.29, 1.82) is 0 Å². The third-order valence-corrected chi connectivity index (χ3v) is 3.12. The second-order valence-electron chi connectivity index (χ2n) is 4.65. The van der Waals surface area contributed by atoms with E-state index in [1.165, 1.54) is 6.26 Å². The van der Waals surface area contributed by atoms with E-state index >= 15 is 0 Å². The van der Waals surface area contributed by atoms with Crippen LogP contribution in [0.5, 0.6) is 5.75 Å². The fraction of sp³-hybridized carbons (Fsp3) is 0.200. The van der Waals surface area contributed by atoms with Gasteiger partial charge in [-0.15, -0.1) is 0 Å². The number of carbonyl (C=O) groups is 2. The van der Waals surface area contributed by atoms with E-state index in [9.17, 15) is 9.59 Å². The second-order valence-corrected chi connectivity index (χ2v) is 4.65. The van der Waals surface area contributed by atoms with Crippen LogP contribution in [0.3, 0.4) is 0 Å². The Balaban J connectivity index is 1.57. The van der Waals surface area contributed by atoms with Gasteiger partial charge in [-0.3, -0.25) is 9.59 Å². The summed E-state index contributed by atoms with van der Waals surface area (Å²) in [6, 6.07) is 8.86. The third-order valence-electron chi connectivity index (χ3n) is 3.12. The molecule has 1 aliphatic rings. The van der Waals surface area contributed by atoms with E-state index < -0.39 is 0 Å². The van der Waals surface area contributed by atoms with Crippen LogP contribution in [-0.4, -0.2) is 25.0 Å². The summed E-state index contributed by atoms with van der Waals surface area (Å²) in [6.07, 6.45) is 2.11. The minimum Gasteiger partial charge on any atom is -0.482 e. The number of rotatable bonds is 4. The highest BCUT2D eigenvalue weighted by molar-refractivity contribution is 5.95. The summed E-state index contributed by atoms with van der Waals surface area (Å²) in [5.41, 5.74) is 1.67. The van der Waals surface area contributed by atoms with Crippen molar-refractivity contribution < 1.29 is 18.7 Å². The van der Waals surface area contributed by atoms with Gasteiger partial charge in [0.25, 0.3) is 11.8 Å². The first-order valence-corrected chi connectivity index (χ1v) is 6.59. The summed E-state index contributed by atoms with van der Waals surface area (Å²) in [4.78, 5) is 23.0. The molecule has 3 rings (SSSR count). The van der Waals surface area contributed by atoms with Gasteiger partial charge in [0.15, 0.2) is 12.4 Å². The Morgan fingerprint density at radius 3 is 3.05 bits per heavy atom. The third kappa shape index (κ3) is 3.05. The van der Waals surface area contributed by atoms with E-state index in [2.05, 4.69) is 10.6 Å². The lowest BCUT2D eigenvalue weighted by Gasteiger charge is -2.18. The number of nitrogens with one attached hydrogen (secondary N) is 2. The Labute approximate surface area is 121 Å². The fourth-order valence-electron chi connectivity index (χ4n) is 2.10. The summed E-state index contributed by atoms with van der Waals surface area (Å²) < 4.78 is 10.3. The molecular weight excluding hydrogens is 272 g/mol. The summed E-state index contributed by atoms with van der Waals surface area (Å²) in [6.45, 7) is 0.526. The van der Waals surface area contributed by atoms with E-state index in [-0.39, 0.29) is 18.4 Å². The van der Waals surface area contributed by atoms with Gasteiger partial charge in [0.05, 0.1) is 12.0 Å². The Morgan fingerprint density at radius 2 is 2.24 bits per heavy atom. The number of hydrogen-bond donors (Lipinski definition) is 2. The minimum atomic E-state index is -0.241. The van der Waals surface area contributed by atoms with Crippen LogP contribution >= 0.6 is 0 Å². The number of carbonyl (C=O) groups excluding carboxylic acids is 2. The van der Waals surface area contributed by atoms with Crippen molar-refractivity contribution in [2.75, 3.05) is 18.5 Å². The Bertz CT molecular complexity index is 664. The zero-order chi connectivity index (χ0) is 14.7. The van der Waals surface area contributed by atoms with Crippen LogP contribution in [0.25, 0.3) is 0 Å². The Hall–Kier alpha value is -2.76. The van der Waals surface area contributed by atoms with Crippen LogP contribution in [-0.2, 0) is 11.2 Å². The number of benzene rings is 1. The highest BCUT2D eigenvalue weighted by atomic mass is 16.5. The van der Waals surface area contributed by atoms with E-state index in [0.29, 0.717) is 30.2 Å². The van der Waals surface area contributed by atoms with Gasteiger partial charge >= 0.3 is 0 Å². The molecule has 0 aliphatic carbocycles. The zero-order valence-corrected chi connectivity index (χ0v) is 11.2. The molecular formula is C15H14N2O4. The zero-order valence-electron chi connectivity index (χ0n) is 11.2. The fourth-order valence-corrected chi connectivity index (χ4v) is 2.10. The van der Waals surface area contributed by atoms with E-state index in [0.717, 1.165) is 5.56 Å². The summed E-state index contributed by atoms with van der Waals surface area (Å²) in [7, 11) is 0. The van der Waals surface area contributed by atoms with Gasteiger partial charge in [-0.2, -0.15) is 0 Å². The molecule has 0 spiro atoms. The van der Waals surface area contributed by atoms with Gasteiger partial charge in [-0.1, -0.05) is 6.07 Å². The molecule has 0 atom stereocenters. The second kappa shape index (κ2) is 5.70. The highest BCUT2D eigenvalue weighted by Crippen LogP contribution is 2.28. The van der Waals surface area contributed by atoms with Gasteiger partial charge < -0.3 is 19.8 Å². The van der Waals surface area contributed by atoms with Crippen molar-refractivity contribution >= 4 is 17.5 Å². The van der Waals surface area contributed by atoms with Crippen molar-refractivity contribution in [3.8, 4) is 5.75 Å². The quantitative estimate of drug-likeness (QED) is 0.894. The molecule has 2 aromatic rings. The predicted octanol–water partition coefficient (Wildman–Crippen LogP) is 1.58. The van der Waals surface area contributed by atoms with Crippen molar-refractivity contribution in [1.82, 2.24) is 5.32 Å². The van der Waals surface area contributed by atoms with E-state index in [1.54, 1.807) is 12.1 Å². The maximum atomic E-state index is 11.7. The van der Waals surface area contributed by atoms with Gasteiger partial charge in [0, 0.05) is 6.54 Å². The van der Waals surface area contributed by atoms with Crippen LogP contribution < -0.4 is 15.4 Å². The van der Waals surface area contributed by atoms with Crippen LogP contribution in [0.4, 0.5) is 5.69 Å². The number of hydrogen-bond acceptors (Lipinski definition) is 4. The largest absolute Gasteiger partial charge is 0.482 e. The Morgan fingerprint density at radius 1 is 1.33 bits per heavy atom. The van der Waals surface area contributed by atoms with Crippen molar-refractivity contribution in [2.45, 2.75) is 6.42 Å². The van der Waals surface area contributed by atoms with Gasteiger partial charge in [-0.05, 0) is 36.2 Å². The molecule has 108 valence electrons. The number of anilines is 1. The minimum absolute atomic E-state index is 0.0472. The average Bonchev–Trinajstić information content (AvgIpc) is 3.01. The van der Waals surface area contributed by atoms with Crippen LogP contribution in [0.2, 0.25) is 0 Å². The van der Waals surface area contributed by atoms with Gasteiger partial charge in [0.1, 0.15) is 5.75 Å². The topological polar surface area (TPSA) is 80.6 Å². The molecule has 0 radical (unpaired) electrons. The monoisotopic (exact) mass is 286 g/mol. The van der Waals surface area contributed by atoms with Crippen molar-refractivity contribution in [2.24, 2.45) is 0 Å². The molecule has 2 heterocycles. The molecule has 1 aromatic heterocycles. The maximum absolute atomic E-state index is 11.7. The molecule has 0 bridgehead atoms. The molecule has 0 saturated carbocycles. The number of furan rings is 1. The lowest BCUT2D eigenvalue weighted by molar-refractivity contribution is -0.118. The van der Waals surface area contributed by atoms with E-state index in [4.69, 9.17) is 9.15 Å². The summed E-state index contributed by atoms with van der Waals surface area (Å²) in [5, 5.41) is 5.53. The molecule has 21 heavy (non-hydrogen) atoms. The van der Waals surface area contributed by atoms with Gasteiger partial charge in [-0.25, -0.2) is 0 Å². The molecule has 0 saturated heterocycles. The molecule has 1 aromatic carbocycles. The number of ether oxygens (including phenoxy) is 1. The first-order valence-electron chi connectivity index (χ1n) is 6.59. The lowest BCUT2D eigenvalue weighted by atomic mass is 10.1. The molecule has 2 amide bonds. The molecule has 2 N–H and O–H groups in total. The van der Waals surface area contributed by atoms with E-state index in [1.807, 2.05) is 18.2 Å². The lowest BCUT2D eigenvalue weighted by Crippen LogP contribution is -2.26. The van der Waals surface area contributed by atoms with Gasteiger partial charge in [0.2, 0.25) is 0 Å². The first-order chi connectivity index (χ1) is 10.2. The molecule has 0 unspecified atom stereocenters. The normalized spacial score (nSPS) is 13.0. The van der Waals surface area contributed by atoms with Crippen LogP contribution in [0.15, 0.2) is 41.0 Å². The molecule has 0 fully saturated rings. The SMILES string of the molecule is O=C1COc2ccc(CCNC(=O)c3ccco3)cc2N1. The smallest absolute Gasteiger partial charge is 0.286 e. The van der Waals surface area contributed by atoms with Crippen LogP contribution in [0.1, 0.15) is 16.1 Å².